The molecule has 0 atom stereocenters. The number of rotatable bonds is 4. The van der Waals surface area contributed by atoms with Crippen LogP contribution in [-0.4, -0.2) is 17.6 Å². The summed E-state index contributed by atoms with van der Waals surface area (Å²) in [5.74, 6) is 0.541. The Kier molecular flexibility index (Phi) is 5.08. The fraction of sp³-hybridized carbons (Fsp3) is 0.190. The van der Waals surface area contributed by atoms with Gasteiger partial charge in [0.2, 0.25) is 5.76 Å². The highest BCUT2D eigenvalue weighted by Crippen LogP contribution is 2.30. The van der Waals surface area contributed by atoms with E-state index in [9.17, 15) is 9.59 Å². The maximum absolute atomic E-state index is 12.6. The van der Waals surface area contributed by atoms with Gasteiger partial charge in [-0.2, -0.15) is 5.10 Å². The van der Waals surface area contributed by atoms with E-state index in [0.29, 0.717) is 40.5 Å². The molecule has 6 nitrogen and oxygen atoms in total. The van der Waals surface area contributed by atoms with Crippen LogP contribution in [0.2, 0.25) is 0 Å². The third kappa shape index (κ3) is 3.61. The zero-order valence-corrected chi connectivity index (χ0v) is 16.0. The Bertz CT molecular complexity index is 1040. The molecule has 0 unspecified atom stereocenters. The zero-order valence-electron chi connectivity index (χ0n) is 15.2. The van der Waals surface area contributed by atoms with Gasteiger partial charge in [-0.25, -0.2) is 10.2 Å². The molecule has 2 heterocycles. The van der Waals surface area contributed by atoms with Crippen molar-refractivity contribution in [3.8, 4) is 5.75 Å². The summed E-state index contributed by atoms with van der Waals surface area (Å²) >= 11 is 1.35. The first-order valence-electron chi connectivity index (χ1n) is 8.93. The number of esters is 1. The highest BCUT2D eigenvalue weighted by Gasteiger charge is 2.29. The molecular formula is C21H18N2O4S. The quantitative estimate of drug-likeness (QED) is 0.405. The molecule has 1 aliphatic carbocycles. The normalized spacial score (nSPS) is 14.5. The van der Waals surface area contributed by atoms with Crippen molar-refractivity contribution in [1.29, 1.82) is 0 Å². The number of carbonyl (C=O) groups excluding carboxylic acids is 2. The van der Waals surface area contributed by atoms with Crippen molar-refractivity contribution in [2.75, 3.05) is 0 Å². The Morgan fingerprint density at radius 2 is 1.96 bits per heavy atom. The molecule has 0 fully saturated rings. The van der Waals surface area contributed by atoms with Gasteiger partial charge in [0.05, 0.1) is 10.6 Å². The summed E-state index contributed by atoms with van der Waals surface area (Å²) in [5, 5.41) is 6.15. The van der Waals surface area contributed by atoms with E-state index in [0.717, 1.165) is 12.0 Å². The molecule has 2 aromatic heterocycles. The smallest absolute Gasteiger partial charge is 0.379 e. The summed E-state index contributed by atoms with van der Waals surface area (Å²) in [7, 11) is 0. The van der Waals surface area contributed by atoms with Crippen molar-refractivity contribution in [3.63, 3.8) is 0 Å². The van der Waals surface area contributed by atoms with Crippen LogP contribution in [0.25, 0.3) is 0 Å². The molecule has 1 N–H and O–H groups in total. The van der Waals surface area contributed by atoms with Gasteiger partial charge in [0.25, 0.3) is 5.91 Å². The molecular weight excluding hydrogens is 376 g/mol. The molecule has 0 spiro atoms. The van der Waals surface area contributed by atoms with Crippen LogP contribution in [0.4, 0.5) is 0 Å². The number of hydrogen-bond acceptors (Lipinski definition) is 6. The van der Waals surface area contributed by atoms with E-state index in [2.05, 4.69) is 10.5 Å². The van der Waals surface area contributed by atoms with E-state index >= 15 is 0 Å². The molecule has 1 amide bonds. The molecule has 0 radical (unpaired) electrons. The number of aryl methyl sites for hydroxylation is 1. The van der Waals surface area contributed by atoms with Crippen LogP contribution in [0.1, 0.15) is 50.0 Å². The van der Waals surface area contributed by atoms with Gasteiger partial charge < -0.3 is 9.15 Å². The number of amides is 1. The van der Waals surface area contributed by atoms with Crippen LogP contribution in [0.5, 0.6) is 5.75 Å². The summed E-state index contributed by atoms with van der Waals surface area (Å²) < 4.78 is 11.2. The van der Waals surface area contributed by atoms with Gasteiger partial charge in [0.1, 0.15) is 11.5 Å². The van der Waals surface area contributed by atoms with Crippen molar-refractivity contribution < 1.29 is 18.7 Å². The second-order valence-corrected chi connectivity index (χ2v) is 7.33. The van der Waals surface area contributed by atoms with E-state index in [1.807, 2.05) is 24.4 Å². The Morgan fingerprint density at radius 3 is 2.71 bits per heavy atom. The lowest BCUT2D eigenvalue weighted by Crippen LogP contribution is -2.21. The number of hydrogen-bond donors (Lipinski definition) is 1. The predicted molar refractivity (Wildman–Crippen MR) is 106 cm³/mol. The number of nitrogens with one attached hydrogen (secondary N) is 1. The Hall–Kier alpha value is -3.19. The third-order valence-electron chi connectivity index (χ3n) is 4.50. The van der Waals surface area contributed by atoms with E-state index in [4.69, 9.17) is 9.15 Å². The highest BCUT2D eigenvalue weighted by atomic mass is 32.1. The summed E-state index contributed by atoms with van der Waals surface area (Å²) in [6.45, 7) is 1.81. The molecule has 4 rings (SSSR count). The van der Waals surface area contributed by atoms with Crippen molar-refractivity contribution in [2.45, 2.75) is 26.2 Å². The summed E-state index contributed by atoms with van der Waals surface area (Å²) in [4.78, 5) is 25.3. The number of furan rings is 1. The van der Waals surface area contributed by atoms with Crippen LogP contribution < -0.4 is 10.2 Å². The molecule has 1 aromatic carbocycles. The predicted octanol–water partition coefficient (Wildman–Crippen LogP) is 4.34. The van der Waals surface area contributed by atoms with Gasteiger partial charge in [-0.05, 0) is 43.3 Å². The molecule has 1 aliphatic rings. The lowest BCUT2D eigenvalue weighted by atomic mass is 9.93. The largest absolute Gasteiger partial charge is 0.453 e. The maximum atomic E-state index is 12.6. The van der Waals surface area contributed by atoms with E-state index < -0.39 is 5.97 Å². The molecule has 0 saturated heterocycles. The fourth-order valence-corrected chi connectivity index (χ4v) is 3.81. The Balaban J connectivity index is 1.58. The molecule has 28 heavy (non-hydrogen) atoms. The van der Waals surface area contributed by atoms with Gasteiger partial charge in [0, 0.05) is 17.5 Å². The monoisotopic (exact) mass is 394 g/mol. The maximum Gasteiger partial charge on any atom is 0.379 e. The van der Waals surface area contributed by atoms with E-state index in [1.165, 1.54) is 11.3 Å². The van der Waals surface area contributed by atoms with Gasteiger partial charge in [-0.3, -0.25) is 4.79 Å². The van der Waals surface area contributed by atoms with Crippen LogP contribution in [0.15, 0.2) is 57.4 Å². The highest BCUT2D eigenvalue weighted by molar-refractivity contribution is 7.12. The lowest BCUT2D eigenvalue weighted by Gasteiger charge is -2.13. The van der Waals surface area contributed by atoms with Crippen LogP contribution in [0.3, 0.4) is 0 Å². The van der Waals surface area contributed by atoms with Crippen molar-refractivity contribution >= 4 is 28.9 Å². The standard InChI is InChI=1S/C21H18N2O4S/c1-13-18-15(22-23-20(24)17-11-6-12-28-17)9-5-10-16(18)27-19(13)21(25)26-14-7-3-2-4-8-14/h2-4,6-8,11-12H,5,9-10H2,1H3,(H,23,24)/b22-15+. The molecule has 7 heteroatoms. The van der Waals surface area contributed by atoms with Crippen molar-refractivity contribution in [2.24, 2.45) is 5.10 Å². The number of ether oxygens (including phenoxy) is 1. The summed E-state index contributed by atoms with van der Waals surface area (Å²) in [6, 6.07) is 12.4. The van der Waals surface area contributed by atoms with Gasteiger partial charge in [-0.1, -0.05) is 24.3 Å². The number of carbonyl (C=O) groups is 2. The van der Waals surface area contributed by atoms with Crippen LogP contribution in [-0.2, 0) is 6.42 Å². The average Bonchev–Trinajstić information content (AvgIpc) is 3.36. The Labute approximate surface area is 165 Å². The first-order valence-corrected chi connectivity index (χ1v) is 9.81. The molecule has 142 valence electrons. The van der Waals surface area contributed by atoms with Crippen molar-refractivity contribution in [1.82, 2.24) is 5.43 Å². The number of nitrogens with zero attached hydrogens (tertiary/aromatic N) is 1. The topological polar surface area (TPSA) is 80.9 Å². The molecule has 3 aromatic rings. The number of thiophene rings is 1. The average molecular weight is 394 g/mol. The first-order chi connectivity index (χ1) is 13.6. The minimum atomic E-state index is -0.542. The summed E-state index contributed by atoms with van der Waals surface area (Å²) in [5.41, 5.74) is 4.79. The Morgan fingerprint density at radius 1 is 1.14 bits per heavy atom. The van der Waals surface area contributed by atoms with Crippen molar-refractivity contribution in [3.05, 3.63) is 75.4 Å². The second kappa shape index (κ2) is 7.82. The van der Waals surface area contributed by atoms with E-state index in [-0.39, 0.29) is 11.7 Å². The SMILES string of the molecule is Cc1c(C(=O)Oc2ccccc2)oc2c1/C(=N/NC(=O)c1cccs1)CCC2. The second-order valence-electron chi connectivity index (χ2n) is 6.39. The number of fused-ring (bicyclic) bond motifs is 1. The van der Waals surface area contributed by atoms with E-state index in [1.54, 1.807) is 30.3 Å². The van der Waals surface area contributed by atoms with Gasteiger partial charge >= 0.3 is 5.97 Å². The molecule has 0 saturated carbocycles. The zero-order chi connectivity index (χ0) is 19.5. The number of benzene rings is 1. The molecule has 0 aliphatic heterocycles. The van der Waals surface area contributed by atoms with Gasteiger partial charge in [-0.15, -0.1) is 11.3 Å². The van der Waals surface area contributed by atoms with Crippen LogP contribution >= 0.6 is 11.3 Å². The minimum absolute atomic E-state index is 0.174. The number of para-hydroxylation sites is 1. The van der Waals surface area contributed by atoms with Gasteiger partial charge in [0.15, 0.2) is 0 Å². The first kappa shape index (κ1) is 18.2. The fourth-order valence-electron chi connectivity index (χ4n) is 3.20. The number of hydrazone groups is 1. The molecule has 0 bridgehead atoms. The van der Waals surface area contributed by atoms with Crippen LogP contribution in [0, 0.1) is 6.92 Å². The third-order valence-corrected chi connectivity index (χ3v) is 5.37. The minimum Gasteiger partial charge on any atom is -0.453 e. The summed E-state index contributed by atoms with van der Waals surface area (Å²) in [6.07, 6.45) is 2.25. The lowest BCUT2D eigenvalue weighted by molar-refractivity contribution is 0.0698.